The fourth-order valence-corrected chi connectivity index (χ4v) is 1.58. The summed E-state index contributed by atoms with van der Waals surface area (Å²) in [5.74, 6) is 1.06. The van der Waals surface area contributed by atoms with E-state index < -0.39 is 0 Å². The Balaban J connectivity index is 2.86. The van der Waals surface area contributed by atoms with Crippen molar-refractivity contribution in [3.63, 3.8) is 0 Å². The predicted octanol–water partition coefficient (Wildman–Crippen LogP) is 2.73. The van der Waals surface area contributed by atoms with Crippen molar-refractivity contribution in [2.45, 2.75) is 33.7 Å². The quantitative estimate of drug-likeness (QED) is 0.839. The third-order valence-corrected chi connectivity index (χ3v) is 2.78. The van der Waals surface area contributed by atoms with Crippen molar-refractivity contribution in [2.75, 3.05) is 18.5 Å². The molecule has 0 radical (unpaired) electrons. The molecule has 98 valence electrons. The maximum absolute atomic E-state index is 9.08. The largest absolute Gasteiger partial charge is 0.380 e. The van der Waals surface area contributed by atoms with Crippen molar-refractivity contribution in [2.24, 2.45) is 5.92 Å². The summed E-state index contributed by atoms with van der Waals surface area (Å²) in [4.78, 5) is 4.39. The molecule has 1 N–H and O–H groups in total. The number of anilines is 1. The van der Waals surface area contributed by atoms with Gasteiger partial charge in [-0.3, -0.25) is 0 Å². The molecule has 18 heavy (non-hydrogen) atoms. The van der Waals surface area contributed by atoms with Crippen molar-refractivity contribution in [1.29, 1.82) is 5.26 Å². The Morgan fingerprint density at radius 1 is 1.44 bits per heavy atom. The summed E-state index contributed by atoms with van der Waals surface area (Å²) in [6.45, 7) is 9.45. The Kier molecular flexibility index (Phi) is 5.60. The first-order valence-corrected chi connectivity index (χ1v) is 6.30. The lowest BCUT2D eigenvalue weighted by atomic mass is 10.1. The number of nitriles is 1. The zero-order chi connectivity index (χ0) is 13.5. The third kappa shape index (κ3) is 4.01. The molecule has 4 heteroatoms. The number of rotatable bonds is 6. The minimum absolute atomic E-state index is 0.159. The number of hydrogen-bond acceptors (Lipinski definition) is 4. The average Bonchev–Trinajstić information content (AvgIpc) is 2.34. The molecule has 0 bridgehead atoms. The maximum Gasteiger partial charge on any atom is 0.144 e. The molecular formula is C14H21N3O. The fraction of sp³-hybridized carbons (Fsp3) is 0.571. The molecule has 1 atom stereocenters. The van der Waals surface area contributed by atoms with Crippen LogP contribution < -0.4 is 5.32 Å². The number of nitrogens with one attached hydrogen (secondary N) is 1. The van der Waals surface area contributed by atoms with Crippen LogP contribution in [0, 0.1) is 24.2 Å². The second-order valence-corrected chi connectivity index (χ2v) is 4.61. The van der Waals surface area contributed by atoms with Gasteiger partial charge < -0.3 is 10.1 Å². The van der Waals surface area contributed by atoms with E-state index in [1.807, 2.05) is 19.9 Å². The molecular weight excluding hydrogens is 226 g/mol. The zero-order valence-corrected chi connectivity index (χ0v) is 11.5. The second kappa shape index (κ2) is 6.97. The highest BCUT2D eigenvalue weighted by molar-refractivity contribution is 5.52. The molecule has 0 aliphatic heterocycles. The van der Waals surface area contributed by atoms with Crippen molar-refractivity contribution in [1.82, 2.24) is 4.98 Å². The van der Waals surface area contributed by atoms with Crippen molar-refractivity contribution < 1.29 is 4.74 Å². The highest BCUT2D eigenvalue weighted by atomic mass is 16.5. The van der Waals surface area contributed by atoms with Gasteiger partial charge in [0, 0.05) is 12.3 Å². The van der Waals surface area contributed by atoms with E-state index in [4.69, 9.17) is 10.00 Å². The van der Waals surface area contributed by atoms with Gasteiger partial charge in [0.25, 0.3) is 0 Å². The van der Waals surface area contributed by atoms with E-state index in [1.165, 1.54) is 0 Å². The van der Waals surface area contributed by atoms with Gasteiger partial charge in [0.15, 0.2) is 0 Å². The maximum atomic E-state index is 9.08. The standard InChI is InChI=1S/C14H21N3O/c1-5-18-9-13(10(2)3)17-14-12(8-15)7-6-11(4)16-14/h6-7,10,13H,5,9H2,1-4H3,(H,16,17). The van der Waals surface area contributed by atoms with Gasteiger partial charge in [0.2, 0.25) is 0 Å². The van der Waals surface area contributed by atoms with Crippen LogP contribution in [0.5, 0.6) is 0 Å². The first kappa shape index (κ1) is 14.5. The van der Waals surface area contributed by atoms with Crippen LogP contribution in [0.2, 0.25) is 0 Å². The SMILES string of the molecule is CCOCC(Nc1nc(C)ccc1C#N)C(C)C. The number of pyridine rings is 1. The van der Waals surface area contributed by atoms with Gasteiger partial charge in [-0.1, -0.05) is 13.8 Å². The minimum atomic E-state index is 0.159. The number of aryl methyl sites for hydroxylation is 1. The van der Waals surface area contributed by atoms with Crippen LogP contribution in [0.3, 0.4) is 0 Å². The number of hydrogen-bond donors (Lipinski definition) is 1. The highest BCUT2D eigenvalue weighted by Crippen LogP contribution is 2.16. The summed E-state index contributed by atoms with van der Waals surface area (Å²) in [5.41, 5.74) is 1.47. The van der Waals surface area contributed by atoms with Gasteiger partial charge in [-0.05, 0) is 31.9 Å². The minimum Gasteiger partial charge on any atom is -0.380 e. The molecule has 1 rings (SSSR count). The molecule has 0 saturated carbocycles. The molecule has 0 saturated heterocycles. The second-order valence-electron chi connectivity index (χ2n) is 4.61. The lowest BCUT2D eigenvalue weighted by Crippen LogP contribution is -2.31. The van der Waals surface area contributed by atoms with Gasteiger partial charge in [-0.2, -0.15) is 5.26 Å². The Labute approximate surface area is 109 Å². The van der Waals surface area contributed by atoms with Crippen LogP contribution in [0.25, 0.3) is 0 Å². The fourth-order valence-electron chi connectivity index (χ4n) is 1.58. The van der Waals surface area contributed by atoms with E-state index in [1.54, 1.807) is 6.07 Å². The summed E-state index contributed by atoms with van der Waals surface area (Å²) >= 11 is 0. The van der Waals surface area contributed by atoms with Gasteiger partial charge in [-0.25, -0.2) is 4.98 Å². The number of ether oxygens (including phenoxy) is 1. The molecule has 0 aliphatic rings. The van der Waals surface area contributed by atoms with Gasteiger partial charge in [0.1, 0.15) is 11.9 Å². The predicted molar refractivity (Wildman–Crippen MR) is 72.4 cm³/mol. The van der Waals surface area contributed by atoms with Crippen LogP contribution in [0.4, 0.5) is 5.82 Å². The lowest BCUT2D eigenvalue weighted by molar-refractivity contribution is 0.126. The Morgan fingerprint density at radius 2 is 2.17 bits per heavy atom. The Hall–Kier alpha value is -1.60. The van der Waals surface area contributed by atoms with E-state index in [0.717, 1.165) is 5.69 Å². The van der Waals surface area contributed by atoms with Crippen molar-refractivity contribution in [3.8, 4) is 6.07 Å². The van der Waals surface area contributed by atoms with Crippen LogP contribution in [0.15, 0.2) is 12.1 Å². The first-order chi connectivity index (χ1) is 8.58. The summed E-state index contributed by atoms with van der Waals surface area (Å²) in [7, 11) is 0. The van der Waals surface area contributed by atoms with Crippen molar-refractivity contribution >= 4 is 5.82 Å². The molecule has 0 amide bonds. The summed E-state index contributed by atoms with van der Waals surface area (Å²) < 4.78 is 5.46. The Morgan fingerprint density at radius 3 is 2.72 bits per heavy atom. The highest BCUT2D eigenvalue weighted by Gasteiger charge is 2.15. The zero-order valence-electron chi connectivity index (χ0n) is 11.5. The molecule has 0 aromatic carbocycles. The molecule has 0 fully saturated rings. The summed E-state index contributed by atoms with van der Waals surface area (Å²) in [6, 6.07) is 5.95. The van der Waals surface area contributed by atoms with E-state index in [9.17, 15) is 0 Å². The average molecular weight is 247 g/mol. The van der Waals surface area contributed by atoms with Gasteiger partial charge >= 0.3 is 0 Å². The topological polar surface area (TPSA) is 57.9 Å². The molecule has 1 unspecified atom stereocenters. The third-order valence-electron chi connectivity index (χ3n) is 2.78. The van der Waals surface area contributed by atoms with Crippen LogP contribution >= 0.6 is 0 Å². The molecule has 1 aromatic rings. The van der Waals surface area contributed by atoms with E-state index >= 15 is 0 Å². The van der Waals surface area contributed by atoms with Crippen LogP contribution in [-0.2, 0) is 4.74 Å². The van der Waals surface area contributed by atoms with Crippen LogP contribution in [0.1, 0.15) is 32.0 Å². The van der Waals surface area contributed by atoms with Gasteiger partial charge in [0.05, 0.1) is 18.2 Å². The smallest absolute Gasteiger partial charge is 0.144 e. The molecule has 0 spiro atoms. The van der Waals surface area contributed by atoms with Crippen molar-refractivity contribution in [3.05, 3.63) is 23.4 Å². The molecule has 0 aliphatic carbocycles. The lowest BCUT2D eigenvalue weighted by Gasteiger charge is -2.23. The number of nitrogens with zero attached hydrogens (tertiary/aromatic N) is 2. The summed E-state index contributed by atoms with van der Waals surface area (Å²) in [5, 5.41) is 12.4. The van der Waals surface area contributed by atoms with E-state index in [0.29, 0.717) is 30.5 Å². The van der Waals surface area contributed by atoms with E-state index in [-0.39, 0.29) is 6.04 Å². The first-order valence-electron chi connectivity index (χ1n) is 6.30. The molecule has 1 heterocycles. The van der Waals surface area contributed by atoms with Crippen LogP contribution in [-0.4, -0.2) is 24.2 Å². The molecule has 1 aromatic heterocycles. The monoisotopic (exact) mass is 247 g/mol. The Bertz CT molecular complexity index is 424. The summed E-state index contributed by atoms with van der Waals surface area (Å²) in [6.07, 6.45) is 0. The normalized spacial score (nSPS) is 12.2. The van der Waals surface area contributed by atoms with Gasteiger partial charge in [-0.15, -0.1) is 0 Å². The number of aromatic nitrogens is 1. The van der Waals surface area contributed by atoms with E-state index in [2.05, 4.69) is 30.2 Å². The molecule has 4 nitrogen and oxygen atoms in total.